The highest BCUT2D eigenvalue weighted by molar-refractivity contribution is 6.03. The molecule has 0 saturated carbocycles. The van der Waals surface area contributed by atoms with Crippen molar-refractivity contribution in [1.82, 2.24) is 9.88 Å². The average molecular weight is 259 g/mol. The Kier molecular flexibility index (Phi) is 2.51. The first-order chi connectivity index (χ1) is 9.04. The molecule has 0 bridgehead atoms. The number of imide groups is 1. The Bertz CT molecular complexity index is 677. The van der Waals surface area contributed by atoms with Crippen LogP contribution in [0, 0.1) is 5.92 Å². The molecule has 0 spiro atoms. The number of rotatable bonds is 2. The van der Waals surface area contributed by atoms with Crippen molar-refractivity contribution < 1.29 is 14.0 Å². The summed E-state index contributed by atoms with van der Waals surface area (Å²) in [5.41, 5.74) is 7.45. The summed E-state index contributed by atoms with van der Waals surface area (Å²) in [5.74, 6) is -0.269. The monoisotopic (exact) mass is 259 g/mol. The maximum Gasteiger partial charge on any atom is 0.233 e. The third-order valence-corrected chi connectivity index (χ3v) is 3.22. The van der Waals surface area contributed by atoms with Gasteiger partial charge >= 0.3 is 0 Å². The van der Waals surface area contributed by atoms with Gasteiger partial charge in [-0.25, -0.2) is 4.98 Å². The van der Waals surface area contributed by atoms with E-state index < -0.39 is 0 Å². The van der Waals surface area contributed by atoms with E-state index in [1.165, 1.54) is 4.90 Å². The third-order valence-electron chi connectivity index (χ3n) is 3.22. The molecular weight excluding hydrogens is 246 g/mol. The largest absolute Gasteiger partial charge is 0.439 e. The molecule has 1 aromatic carbocycles. The number of benzene rings is 1. The number of nitrogen functional groups attached to an aromatic ring is 1. The van der Waals surface area contributed by atoms with Crippen LogP contribution < -0.4 is 5.73 Å². The van der Waals surface area contributed by atoms with E-state index in [9.17, 15) is 9.59 Å². The van der Waals surface area contributed by atoms with Gasteiger partial charge < -0.3 is 10.2 Å². The fourth-order valence-corrected chi connectivity index (χ4v) is 2.21. The number of carbonyl (C=O) groups is 2. The molecule has 1 unspecified atom stereocenters. The Hall–Kier alpha value is -2.37. The zero-order chi connectivity index (χ0) is 13.6. The molecule has 0 radical (unpaired) electrons. The van der Waals surface area contributed by atoms with Crippen molar-refractivity contribution >= 4 is 28.6 Å². The van der Waals surface area contributed by atoms with Crippen LogP contribution in [0.15, 0.2) is 22.6 Å². The van der Waals surface area contributed by atoms with E-state index >= 15 is 0 Å². The van der Waals surface area contributed by atoms with Crippen molar-refractivity contribution in [2.45, 2.75) is 19.9 Å². The first-order valence-electron chi connectivity index (χ1n) is 6.04. The summed E-state index contributed by atoms with van der Waals surface area (Å²) in [6.45, 7) is 1.82. The Balaban J connectivity index is 1.89. The predicted octanol–water partition coefficient (Wildman–Crippen LogP) is 1.30. The minimum atomic E-state index is -0.257. The number of anilines is 1. The first-order valence-corrected chi connectivity index (χ1v) is 6.04. The van der Waals surface area contributed by atoms with Crippen LogP contribution >= 0.6 is 0 Å². The summed E-state index contributed by atoms with van der Waals surface area (Å²) in [5, 5.41) is 0. The molecule has 3 rings (SSSR count). The molecule has 1 atom stereocenters. The number of hydrogen-bond donors (Lipinski definition) is 1. The van der Waals surface area contributed by atoms with Gasteiger partial charge in [0, 0.05) is 24.1 Å². The lowest BCUT2D eigenvalue weighted by atomic mass is 10.1. The number of hydrogen-bond acceptors (Lipinski definition) is 5. The van der Waals surface area contributed by atoms with Crippen LogP contribution in [0.4, 0.5) is 5.69 Å². The second kappa shape index (κ2) is 4.08. The van der Waals surface area contributed by atoms with E-state index in [4.69, 9.17) is 10.2 Å². The van der Waals surface area contributed by atoms with Gasteiger partial charge in [0.05, 0.1) is 0 Å². The summed E-state index contributed by atoms with van der Waals surface area (Å²) in [6, 6.07) is 5.14. The number of likely N-dealkylation sites (tertiary alicyclic amines) is 1. The molecule has 1 fully saturated rings. The number of nitrogens with two attached hydrogens (primary N) is 1. The van der Waals surface area contributed by atoms with Gasteiger partial charge in [0.1, 0.15) is 12.1 Å². The highest BCUT2D eigenvalue weighted by atomic mass is 16.3. The molecule has 0 aliphatic carbocycles. The zero-order valence-electron chi connectivity index (χ0n) is 10.4. The number of oxazole rings is 1. The molecule has 2 heterocycles. The minimum Gasteiger partial charge on any atom is -0.439 e. The van der Waals surface area contributed by atoms with E-state index in [2.05, 4.69) is 4.98 Å². The summed E-state index contributed by atoms with van der Waals surface area (Å²) in [4.78, 5) is 28.9. The molecule has 98 valence electrons. The Morgan fingerprint density at radius 3 is 2.95 bits per heavy atom. The Labute approximate surface area is 109 Å². The minimum absolute atomic E-state index is 0.0800. The first kappa shape index (κ1) is 11.7. The lowest BCUT2D eigenvalue weighted by molar-refractivity contribution is -0.140. The van der Waals surface area contributed by atoms with Gasteiger partial charge in [0.25, 0.3) is 0 Å². The van der Waals surface area contributed by atoms with Gasteiger partial charge in [-0.3, -0.25) is 14.5 Å². The number of nitrogens with zero attached hydrogens (tertiary/aromatic N) is 2. The van der Waals surface area contributed by atoms with Crippen LogP contribution in [0.3, 0.4) is 0 Å². The van der Waals surface area contributed by atoms with Gasteiger partial charge in [-0.2, -0.15) is 0 Å². The van der Waals surface area contributed by atoms with E-state index in [1.54, 1.807) is 25.1 Å². The predicted molar refractivity (Wildman–Crippen MR) is 67.8 cm³/mol. The topological polar surface area (TPSA) is 89.4 Å². The standard InChI is InChI=1S/C13H13N3O3/c1-7-4-12(17)16(13(7)18)6-11-15-9-3-2-8(14)5-10(9)19-11/h2-3,5,7H,4,6,14H2,1H3. The third kappa shape index (κ3) is 1.95. The van der Waals surface area contributed by atoms with Crippen LogP contribution in [0.25, 0.3) is 11.1 Å². The number of amides is 2. The molecule has 6 nitrogen and oxygen atoms in total. The summed E-state index contributed by atoms with van der Waals surface area (Å²) in [6.07, 6.45) is 0.256. The van der Waals surface area contributed by atoms with E-state index in [0.29, 0.717) is 22.7 Å². The van der Waals surface area contributed by atoms with Gasteiger partial charge in [-0.1, -0.05) is 6.92 Å². The lowest BCUT2D eigenvalue weighted by Crippen LogP contribution is -2.29. The number of fused-ring (bicyclic) bond motifs is 1. The molecular formula is C13H13N3O3. The van der Waals surface area contributed by atoms with Crippen molar-refractivity contribution in [3.8, 4) is 0 Å². The molecule has 1 aromatic heterocycles. The summed E-state index contributed by atoms with van der Waals surface area (Å²) >= 11 is 0. The summed E-state index contributed by atoms with van der Waals surface area (Å²) in [7, 11) is 0. The molecule has 19 heavy (non-hydrogen) atoms. The van der Waals surface area contributed by atoms with E-state index in [-0.39, 0.29) is 30.7 Å². The second-order valence-electron chi connectivity index (χ2n) is 4.76. The van der Waals surface area contributed by atoms with Crippen LogP contribution in [0.1, 0.15) is 19.2 Å². The molecule has 2 aromatic rings. The van der Waals surface area contributed by atoms with Crippen molar-refractivity contribution in [3.05, 3.63) is 24.1 Å². The average Bonchev–Trinajstić information content (AvgIpc) is 2.85. The molecule has 1 saturated heterocycles. The second-order valence-corrected chi connectivity index (χ2v) is 4.76. The molecule has 2 N–H and O–H groups in total. The van der Waals surface area contributed by atoms with Crippen molar-refractivity contribution in [1.29, 1.82) is 0 Å². The van der Waals surface area contributed by atoms with Crippen LogP contribution in [0.5, 0.6) is 0 Å². The van der Waals surface area contributed by atoms with Crippen molar-refractivity contribution in [2.24, 2.45) is 5.92 Å². The van der Waals surface area contributed by atoms with Gasteiger partial charge in [0.15, 0.2) is 5.58 Å². The SMILES string of the molecule is CC1CC(=O)N(Cc2nc3ccc(N)cc3o2)C1=O. The van der Waals surface area contributed by atoms with Crippen molar-refractivity contribution in [3.63, 3.8) is 0 Å². The molecule has 1 aliphatic heterocycles. The fraction of sp³-hybridized carbons (Fsp3) is 0.308. The Morgan fingerprint density at radius 1 is 1.47 bits per heavy atom. The highest BCUT2D eigenvalue weighted by Gasteiger charge is 2.36. The van der Waals surface area contributed by atoms with E-state index in [0.717, 1.165) is 0 Å². The number of aromatic nitrogens is 1. The van der Waals surface area contributed by atoms with Gasteiger partial charge in [-0.05, 0) is 12.1 Å². The Morgan fingerprint density at radius 2 is 2.26 bits per heavy atom. The van der Waals surface area contributed by atoms with Gasteiger partial charge in [0.2, 0.25) is 17.7 Å². The van der Waals surface area contributed by atoms with Crippen LogP contribution in [-0.2, 0) is 16.1 Å². The van der Waals surface area contributed by atoms with Gasteiger partial charge in [-0.15, -0.1) is 0 Å². The maximum absolute atomic E-state index is 11.8. The molecule has 2 amide bonds. The van der Waals surface area contributed by atoms with Crippen LogP contribution in [-0.4, -0.2) is 21.7 Å². The normalized spacial score (nSPS) is 19.6. The smallest absolute Gasteiger partial charge is 0.233 e. The molecule has 1 aliphatic rings. The van der Waals surface area contributed by atoms with Crippen molar-refractivity contribution in [2.75, 3.05) is 5.73 Å². The quantitative estimate of drug-likeness (QED) is 0.648. The van der Waals surface area contributed by atoms with Crippen LogP contribution in [0.2, 0.25) is 0 Å². The van der Waals surface area contributed by atoms with E-state index in [1.807, 2.05) is 0 Å². The lowest BCUT2D eigenvalue weighted by Gasteiger charge is -2.10. The molecule has 6 heteroatoms. The number of carbonyl (C=O) groups excluding carboxylic acids is 2. The highest BCUT2D eigenvalue weighted by Crippen LogP contribution is 2.23. The maximum atomic E-state index is 11.8. The fourth-order valence-electron chi connectivity index (χ4n) is 2.21. The summed E-state index contributed by atoms with van der Waals surface area (Å²) < 4.78 is 5.51. The zero-order valence-corrected chi connectivity index (χ0v) is 10.4.